The monoisotopic (exact) mass is 336 g/mol. The molecule has 0 aliphatic carbocycles. The van der Waals surface area contributed by atoms with Gasteiger partial charge in [0.1, 0.15) is 4.21 Å². The maximum absolute atomic E-state index is 11.8. The van der Waals surface area contributed by atoms with E-state index in [-0.39, 0.29) is 30.4 Å². The Balaban J connectivity index is 2.47. The number of carbonyl (C=O) groups excluding carboxylic acids is 1. The Hall–Kier alpha value is -1.00. The molecule has 0 saturated carbocycles. The first-order valence-corrected chi connectivity index (χ1v) is 8.81. The van der Waals surface area contributed by atoms with Gasteiger partial charge in [-0.15, -0.1) is 11.3 Å². The molecule has 0 saturated heterocycles. The van der Waals surface area contributed by atoms with Gasteiger partial charge in [0.25, 0.3) is 0 Å². The largest absolute Gasteiger partial charge is 0.394 e. The summed E-state index contributed by atoms with van der Waals surface area (Å²) in [6, 6.07) is 3.11. The predicted molar refractivity (Wildman–Crippen MR) is 79.5 cm³/mol. The van der Waals surface area contributed by atoms with Gasteiger partial charge >= 0.3 is 0 Å². The van der Waals surface area contributed by atoms with Gasteiger partial charge in [0.05, 0.1) is 18.8 Å². The Kier molecular flexibility index (Phi) is 6.75. The third kappa shape index (κ3) is 5.04. The number of thiophene rings is 1. The summed E-state index contributed by atoms with van der Waals surface area (Å²) >= 11 is 1.09. The van der Waals surface area contributed by atoms with Crippen LogP contribution in [0.4, 0.5) is 0 Å². The first-order chi connectivity index (χ1) is 9.89. The number of aliphatic hydroxyl groups is 2. The molecule has 0 atom stereocenters. The molecule has 120 valence electrons. The Labute approximate surface area is 128 Å². The number of nitrogens with one attached hydrogen (secondary N) is 2. The van der Waals surface area contributed by atoms with Crippen molar-refractivity contribution in [3.63, 3.8) is 0 Å². The van der Waals surface area contributed by atoms with E-state index in [0.717, 1.165) is 11.3 Å². The molecule has 0 spiro atoms. The lowest BCUT2D eigenvalue weighted by atomic mass is 9.98. The number of aliphatic hydroxyl groups excluding tert-OH is 2. The summed E-state index contributed by atoms with van der Waals surface area (Å²) in [4.78, 5) is 11.7. The highest BCUT2D eigenvalue weighted by atomic mass is 32.2. The number of amides is 1. The maximum atomic E-state index is 11.8. The van der Waals surface area contributed by atoms with Crippen LogP contribution in [0.5, 0.6) is 0 Å². The summed E-state index contributed by atoms with van der Waals surface area (Å²) in [6.07, 6.45) is 0.291. The maximum Gasteiger partial charge on any atom is 0.250 e. The molecule has 0 fully saturated rings. The first kappa shape index (κ1) is 18.1. The minimum absolute atomic E-state index is 0.0529. The van der Waals surface area contributed by atoms with E-state index < -0.39 is 21.5 Å². The third-order valence-corrected chi connectivity index (χ3v) is 5.95. The number of sulfonamides is 1. The predicted octanol–water partition coefficient (Wildman–Crippen LogP) is -0.334. The summed E-state index contributed by atoms with van der Waals surface area (Å²) in [5.41, 5.74) is -1.07. The topological polar surface area (TPSA) is 116 Å². The average Bonchev–Trinajstić information content (AvgIpc) is 3.00. The van der Waals surface area contributed by atoms with Gasteiger partial charge in [0, 0.05) is 13.0 Å². The minimum atomic E-state index is -3.58. The highest BCUT2D eigenvalue weighted by Crippen LogP contribution is 2.15. The van der Waals surface area contributed by atoms with Crippen molar-refractivity contribution in [2.75, 3.05) is 19.8 Å². The van der Waals surface area contributed by atoms with Crippen LogP contribution in [0.3, 0.4) is 0 Å². The number of hydrogen-bond acceptors (Lipinski definition) is 6. The van der Waals surface area contributed by atoms with Gasteiger partial charge < -0.3 is 15.5 Å². The quantitative estimate of drug-likeness (QED) is 0.493. The zero-order chi connectivity index (χ0) is 15.9. The molecule has 0 unspecified atom stereocenters. The zero-order valence-corrected chi connectivity index (χ0v) is 13.3. The van der Waals surface area contributed by atoms with E-state index in [4.69, 9.17) is 0 Å². The van der Waals surface area contributed by atoms with Crippen LogP contribution in [0.1, 0.15) is 19.8 Å². The van der Waals surface area contributed by atoms with Crippen molar-refractivity contribution in [3.8, 4) is 0 Å². The molecule has 7 nitrogen and oxygen atoms in total. The van der Waals surface area contributed by atoms with E-state index in [2.05, 4.69) is 10.0 Å². The van der Waals surface area contributed by atoms with Gasteiger partial charge in [-0.3, -0.25) is 4.79 Å². The lowest BCUT2D eigenvalue weighted by molar-refractivity contribution is -0.124. The van der Waals surface area contributed by atoms with E-state index in [0.29, 0.717) is 6.42 Å². The Bertz CT molecular complexity index is 530. The summed E-state index contributed by atoms with van der Waals surface area (Å²) in [7, 11) is -3.58. The van der Waals surface area contributed by atoms with Gasteiger partial charge in [-0.05, 0) is 17.9 Å². The van der Waals surface area contributed by atoms with E-state index in [1.54, 1.807) is 18.4 Å². The molecule has 1 rings (SSSR count). The molecule has 0 aliphatic rings. The second-order valence-corrected chi connectivity index (χ2v) is 7.52. The minimum Gasteiger partial charge on any atom is -0.394 e. The van der Waals surface area contributed by atoms with Crippen LogP contribution < -0.4 is 10.0 Å². The molecule has 1 amide bonds. The van der Waals surface area contributed by atoms with E-state index >= 15 is 0 Å². The van der Waals surface area contributed by atoms with E-state index in [1.165, 1.54) is 6.07 Å². The Morgan fingerprint density at radius 2 is 2.05 bits per heavy atom. The van der Waals surface area contributed by atoms with Crippen LogP contribution in [0.15, 0.2) is 21.7 Å². The highest BCUT2D eigenvalue weighted by Gasteiger charge is 2.28. The van der Waals surface area contributed by atoms with Crippen molar-refractivity contribution < 1.29 is 23.4 Å². The molecule has 0 radical (unpaired) electrons. The second-order valence-electron chi connectivity index (χ2n) is 4.58. The van der Waals surface area contributed by atoms with Gasteiger partial charge in [0.15, 0.2) is 0 Å². The molecule has 0 aliphatic heterocycles. The zero-order valence-electron chi connectivity index (χ0n) is 11.7. The molecular weight excluding hydrogens is 316 g/mol. The molecule has 0 aromatic carbocycles. The van der Waals surface area contributed by atoms with E-state index in [9.17, 15) is 23.4 Å². The molecule has 0 bridgehead atoms. The fourth-order valence-corrected chi connectivity index (χ4v) is 3.66. The average molecular weight is 336 g/mol. The Morgan fingerprint density at radius 3 is 2.52 bits per heavy atom. The molecule has 21 heavy (non-hydrogen) atoms. The van der Waals surface area contributed by atoms with Gasteiger partial charge in [0.2, 0.25) is 15.9 Å². The highest BCUT2D eigenvalue weighted by molar-refractivity contribution is 7.91. The number of rotatable bonds is 9. The van der Waals surface area contributed by atoms with Crippen molar-refractivity contribution in [1.29, 1.82) is 0 Å². The van der Waals surface area contributed by atoms with Crippen LogP contribution >= 0.6 is 11.3 Å². The van der Waals surface area contributed by atoms with Crippen molar-refractivity contribution in [1.82, 2.24) is 10.0 Å². The van der Waals surface area contributed by atoms with Gasteiger partial charge in [-0.25, -0.2) is 13.1 Å². The van der Waals surface area contributed by atoms with Crippen LogP contribution in [0.2, 0.25) is 0 Å². The molecule has 1 aromatic heterocycles. The summed E-state index contributed by atoms with van der Waals surface area (Å²) in [5, 5.41) is 22.6. The lowest BCUT2D eigenvalue weighted by Gasteiger charge is -2.29. The first-order valence-electron chi connectivity index (χ1n) is 6.45. The van der Waals surface area contributed by atoms with Crippen LogP contribution in [-0.2, 0) is 14.8 Å². The molecule has 1 heterocycles. The van der Waals surface area contributed by atoms with E-state index in [1.807, 2.05) is 0 Å². The lowest BCUT2D eigenvalue weighted by Crippen LogP contribution is -2.54. The SMILES string of the molecule is CCC(CO)(CO)NC(=O)CCNS(=O)(=O)c1cccs1. The van der Waals surface area contributed by atoms with Gasteiger partial charge in [-0.1, -0.05) is 13.0 Å². The number of carbonyl (C=O) groups is 1. The standard InChI is InChI=1S/C12H20N2O5S2/c1-2-12(8-15,9-16)14-10(17)5-6-13-21(18,19)11-4-3-7-20-11/h3-4,7,13,15-16H,2,5-6,8-9H2,1H3,(H,14,17). The summed E-state index contributed by atoms with van der Waals surface area (Å²) < 4.78 is 26.2. The summed E-state index contributed by atoms with van der Waals surface area (Å²) in [5.74, 6) is -0.436. The van der Waals surface area contributed by atoms with Crippen LogP contribution in [0.25, 0.3) is 0 Å². The van der Waals surface area contributed by atoms with Crippen molar-refractivity contribution in [2.45, 2.75) is 29.5 Å². The van der Waals surface area contributed by atoms with Crippen molar-refractivity contribution in [2.24, 2.45) is 0 Å². The van der Waals surface area contributed by atoms with Crippen LogP contribution in [0, 0.1) is 0 Å². The molecule has 4 N–H and O–H groups in total. The molecule has 9 heteroatoms. The normalized spacial score (nSPS) is 12.3. The molecule has 1 aromatic rings. The smallest absolute Gasteiger partial charge is 0.250 e. The Morgan fingerprint density at radius 1 is 1.38 bits per heavy atom. The molecular formula is C12H20N2O5S2. The summed E-state index contributed by atoms with van der Waals surface area (Å²) in [6.45, 7) is 0.911. The van der Waals surface area contributed by atoms with Crippen molar-refractivity contribution in [3.05, 3.63) is 17.5 Å². The second kappa shape index (κ2) is 7.85. The third-order valence-electron chi connectivity index (χ3n) is 3.09. The fourth-order valence-electron chi connectivity index (χ4n) is 1.59. The van der Waals surface area contributed by atoms with Crippen molar-refractivity contribution >= 4 is 27.3 Å². The number of hydrogen-bond donors (Lipinski definition) is 4. The van der Waals surface area contributed by atoms with Gasteiger partial charge in [-0.2, -0.15) is 0 Å². The van der Waals surface area contributed by atoms with Crippen LogP contribution in [-0.4, -0.2) is 49.8 Å². The fraction of sp³-hybridized carbons (Fsp3) is 0.583.